The van der Waals surface area contributed by atoms with Crippen LogP contribution in [0.1, 0.15) is 30.4 Å². The molecule has 1 aliphatic rings. The number of piperidine rings is 1. The molecule has 2 amide bonds. The van der Waals surface area contributed by atoms with Crippen LogP contribution in [0.25, 0.3) is 0 Å². The van der Waals surface area contributed by atoms with Gasteiger partial charge in [0, 0.05) is 24.6 Å². The van der Waals surface area contributed by atoms with Crippen molar-refractivity contribution in [3.63, 3.8) is 0 Å². The lowest BCUT2D eigenvalue weighted by atomic mass is 9.96. The van der Waals surface area contributed by atoms with Crippen molar-refractivity contribution in [2.24, 2.45) is 11.7 Å². The van der Waals surface area contributed by atoms with Crippen LogP contribution in [-0.2, 0) is 19.2 Å². The van der Waals surface area contributed by atoms with Gasteiger partial charge in [-0.3, -0.25) is 9.59 Å². The van der Waals surface area contributed by atoms with Crippen LogP contribution in [0.4, 0.5) is 5.69 Å². The third-order valence-electron chi connectivity index (χ3n) is 4.50. The van der Waals surface area contributed by atoms with Gasteiger partial charge in [0.1, 0.15) is 0 Å². The van der Waals surface area contributed by atoms with Crippen molar-refractivity contribution in [1.29, 1.82) is 0 Å². The highest BCUT2D eigenvalue weighted by Gasteiger charge is 2.23. The van der Waals surface area contributed by atoms with Gasteiger partial charge in [0.2, 0.25) is 11.8 Å². The zero-order valence-electron chi connectivity index (χ0n) is 16.1. The lowest BCUT2D eigenvalue weighted by Crippen LogP contribution is -2.39. The van der Waals surface area contributed by atoms with Crippen LogP contribution in [0.5, 0.6) is 0 Å². The minimum absolute atomic E-state index is 0.0000186. The van der Waals surface area contributed by atoms with Crippen LogP contribution in [0.3, 0.4) is 0 Å². The third-order valence-corrected chi connectivity index (χ3v) is 4.50. The van der Waals surface area contributed by atoms with E-state index in [0.29, 0.717) is 6.42 Å². The van der Waals surface area contributed by atoms with E-state index >= 15 is 0 Å². The predicted octanol–water partition coefficient (Wildman–Crippen LogP) is 0.985. The summed E-state index contributed by atoms with van der Waals surface area (Å²) in [6.07, 6.45) is 2.07. The number of primary amides is 1. The van der Waals surface area contributed by atoms with E-state index in [0.717, 1.165) is 49.3 Å². The molecule has 154 valence electrons. The number of anilines is 1. The fraction of sp³-hybridized carbons (Fsp3) is 0.474. The molecular weight excluding hydrogens is 366 g/mol. The molecule has 1 saturated heterocycles. The van der Waals surface area contributed by atoms with Gasteiger partial charge in [-0.25, -0.2) is 9.59 Å². The summed E-state index contributed by atoms with van der Waals surface area (Å²) < 4.78 is 0. The number of nitrogens with one attached hydrogen (secondary N) is 1. The Balaban J connectivity index is 0.000000568. The van der Waals surface area contributed by atoms with Crippen LogP contribution in [0, 0.1) is 19.8 Å². The maximum absolute atomic E-state index is 12.1. The number of hydrogen-bond donors (Lipinski definition) is 4. The Morgan fingerprint density at radius 2 is 1.68 bits per heavy atom. The second kappa shape index (κ2) is 11.0. The van der Waals surface area contributed by atoms with Crippen molar-refractivity contribution < 1.29 is 29.4 Å². The lowest BCUT2D eigenvalue weighted by Gasteiger charge is -2.30. The molecule has 0 unspecified atom stereocenters. The predicted molar refractivity (Wildman–Crippen MR) is 103 cm³/mol. The molecule has 1 aromatic rings. The number of carboxylic acids is 2. The SMILES string of the molecule is Cc1ccc(C)c(NC(=O)CCN2CCC(C(N)=O)CC2)c1.O=C(O)C(=O)O. The molecule has 0 aromatic heterocycles. The van der Waals surface area contributed by atoms with Crippen LogP contribution in [-0.4, -0.2) is 58.5 Å². The van der Waals surface area contributed by atoms with Crippen molar-refractivity contribution in [3.05, 3.63) is 29.3 Å². The Labute approximate surface area is 163 Å². The zero-order chi connectivity index (χ0) is 21.3. The number of aryl methyl sites for hydroxylation is 2. The summed E-state index contributed by atoms with van der Waals surface area (Å²) in [6.45, 7) is 6.40. The van der Waals surface area contributed by atoms with Gasteiger partial charge in [-0.2, -0.15) is 0 Å². The Morgan fingerprint density at radius 1 is 1.11 bits per heavy atom. The number of hydrogen-bond acceptors (Lipinski definition) is 5. The van der Waals surface area contributed by atoms with E-state index < -0.39 is 11.9 Å². The number of carboxylic acid groups (broad SMARTS) is 2. The van der Waals surface area contributed by atoms with E-state index in [9.17, 15) is 9.59 Å². The molecular formula is C19H27N3O6. The standard InChI is InChI=1S/C17H25N3O2.C2H2O4/c1-12-3-4-13(2)15(11-12)19-16(21)7-10-20-8-5-14(6-9-20)17(18)22;3-1(4)2(5)6/h3-4,11,14H,5-10H2,1-2H3,(H2,18,22)(H,19,21);(H,3,4)(H,5,6). The van der Waals surface area contributed by atoms with Gasteiger partial charge in [-0.1, -0.05) is 12.1 Å². The molecule has 9 heteroatoms. The van der Waals surface area contributed by atoms with Crippen LogP contribution in [0.15, 0.2) is 18.2 Å². The Kier molecular flexibility index (Phi) is 9.10. The summed E-state index contributed by atoms with van der Waals surface area (Å²) in [4.78, 5) is 43.6. The van der Waals surface area contributed by atoms with Crippen molar-refractivity contribution in [3.8, 4) is 0 Å². The smallest absolute Gasteiger partial charge is 0.414 e. The van der Waals surface area contributed by atoms with Gasteiger partial charge in [0.25, 0.3) is 0 Å². The number of nitrogens with two attached hydrogens (primary N) is 1. The molecule has 0 atom stereocenters. The van der Waals surface area contributed by atoms with E-state index in [-0.39, 0.29) is 17.7 Å². The molecule has 0 spiro atoms. The maximum Gasteiger partial charge on any atom is 0.414 e. The minimum atomic E-state index is -1.82. The molecule has 1 heterocycles. The first-order valence-corrected chi connectivity index (χ1v) is 8.95. The van der Waals surface area contributed by atoms with E-state index in [1.807, 2.05) is 32.0 Å². The van der Waals surface area contributed by atoms with Crippen molar-refractivity contribution in [2.45, 2.75) is 33.1 Å². The van der Waals surface area contributed by atoms with Crippen LogP contribution in [0.2, 0.25) is 0 Å². The summed E-state index contributed by atoms with van der Waals surface area (Å²) in [6, 6.07) is 6.04. The quantitative estimate of drug-likeness (QED) is 0.545. The number of likely N-dealkylation sites (tertiary alicyclic amines) is 1. The highest BCUT2D eigenvalue weighted by atomic mass is 16.4. The average molecular weight is 393 g/mol. The van der Waals surface area contributed by atoms with Crippen molar-refractivity contribution in [1.82, 2.24) is 4.90 Å². The Morgan fingerprint density at radius 3 is 2.18 bits per heavy atom. The van der Waals surface area contributed by atoms with Crippen molar-refractivity contribution in [2.75, 3.05) is 25.0 Å². The molecule has 0 saturated carbocycles. The summed E-state index contributed by atoms with van der Waals surface area (Å²) in [5.74, 6) is -3.82. The number of amides is 2. The number of carbonyl (C=O) groups excluding carboxylic acids is 2. The number of carbonyl (C=O) groups is 4. The van der Waals surface area contributed by atoms with E-state index in [1.54, 1.807) is 0 Å². The van der Waals surface area contributed by atoms with E-state index in [1.165, 1.54) is 0 Å². The molecule has 9 nitrogen and oxygen atoms in total. The van der Waals surface area contributed by atoms with E-state index in [2.05, 4.69) is 10.2 Å². The Bertz CT molecular complexity index is 714. The minimum Gasteiger partial charge on any atom is -0.473 e. The largest absolute Gasteiger partial charge is 0.473 e. The van der Waals surface area contributed by atoms with E-state index in [4.69, 9.17) is 25.5 Å². The highest BCUT2D eigenvalue weighted by molar-refractivity contribution is 6.27. The average Bonchev–Trinajstić information content (AvgIpc) is 2.64. The topological polar surface area (TPSA) is 150 Å². The molecule has 28 heavy (non-hydrogen) atoms. The molecule has 2 rings (SSSR count). The fourth-order valence-electron chi connectivity index (χ4n) is 2.78. The monoisotopic (exact) mass is 393 g/mol. The molecule has 0 aliphatic carbocycles. The summed E-state index contributed by atoms with van der Waals surface area (Å²) in [5, 5.41) is 17.8. The molecule has 0 radical (unpaired) electrons. The molecule has 0 bridgehead atoms. The fourth-order valence-corrected chi connectivity index (χ4v) is 2.78. The summed E-state index contributed by atoms with van der Waals surface area (Å²) in [7, 11) is 0. The van der Waals surface area contributed by atoms with Gasteiger partial charge in [0.05, 0.1) is 0 Å². The third kappa shape index (κ3) is 8.17. The molecule has 5 N–H and O–H groups in total. The summed E-state index contributed by atoms with van der Waals surface area (Å²) >= 11 is 0. The van der Waals surface area contributed by atoms with Crippen LogP contribution >= 0.6 is 0 Å². The number of benzene rings is 1. The second-order valence-corrected chi connectivity index (χ2v) is 6.75. The Hall–Kier alpha value is -2.94. The first-order chi connectivity index (χ1) is 13.1. The maximum atomic E-state index is 12.1. The van der Waals surface area contributed by atoms with Gasteiger partial charge in [-0.15, -0.1) is 0 Å². The van der Waals surface area contributed by atoms with Gasteiger partial charge in [-0.05, 0) is 57.0 Å². The first kappa shape index (κ1) is 23.1. The number of nitrogens with zero attached hydrogens (tertiary/aromatic N) is 1. The first-order valence-electron chi connectivity index (χ1n) is 8.95. The summed E-state index contributed by atoms with van der Waals surface area (Å²) in [5.41, 5.74) is 8.42. The zero-order valence-corrected chi connectivity index (χ0v) is 16.1. The van der Waals surface area contributed by atoms with Gasteiger partial charge < -0.3 is 26.2 Å². The highest BCUT2D eigenvalue weighted by Crippen LogP contribution is 2.18. The van der Waals surface area contributed by atoms with Crippen LogP contribution < -0.4 is 11.1 Å². The number of aliphatic carboxylic acids is 2. The molecule has 1 aliphatic heterocycles. The lowest BCUT2D eigenvalue weighted by molar-refractivity contribution is -0.159. The second-order valence-electron chi connectivity index (χ2n) is 6.75. The van der Waals surface area contributed by atoms with Gasteiger partial charge >= 0.3 is 11.9 Å². The van der Waals surface area contributed by atoms with Crippen molar-refractivity contribution >= 4 is 29.4 Å². The van der Waals surface area contributed by atoms with Gasteiger partial charge in [0.15, 0.2) is 0 Å². The normalized spacial score (nSPS) is 14.5. The molecule has 1 aromatic carbocycles. The number of rotatable bonds is 5. The molecule has 1 fully saturated rings.